The molecule has 2 N–H and O–H groups in total. The molecule has 3 aliphatic heterocycles. The number of rotatable bonds is 11. The monoisotopic (exact) mass is 787 g/mol. The van der Waals surface area contributed by atoms with Gasteiger partial charge in [-0.1, -0.05) is 70.5 Å². The van der Waals surface area contributed by atoms with E-state index in [9.17, 15) is 24.3 Å². The maximum atomic E-state index is 14.8. The van der Waals surface area contributed by atoms with Crippen molar-refractivity contribution in [3.8, 4) is 0 Å². The first-order chi connectivity index (χ1) is 24.8. The minimum Gasteiger partial charge on any atom is -0.441 e. The Bertz CT molecular complexity index is 1990. The third-order valence-electron chi connectivity index (χ3n) is 10.6. The first-order valence-corrected chi connectivity index (χ1v) is 21.3. The number of nitrogens with zero attached hydrogens (tertiary/aromatic N) is 5. The molecule has 2 unspecified atom stereocenters. The number of aromatic nitrogens is 3. The SMILES string of the molecule is CC(=O)OC1CC(=O)N1c1ccc(CN2C(=O)[C@]3(O[C@H](CCn4cc(C(CO)c5ccccc5)nn4)[C@@H]([Si](C)(C)O)[C@@H]3C)c3cc(Br)ccc32)cc1. The van der Waals surface area contributed by atoms with E-state index in [1.54, 1.807) is 21.7 Å². The molecule has 4 heterocycles. The molecule has 6 atom stereocenters. The third kappa shape index (κ3) is 6.40. The summed E-state index contributed by atoms with van der Waals surface area (Å²) in [5.41, 5.74) is 2.98. The lowest BCUT2D eigenvalue weighted by atomic mass is 9.82. The summed E-state index contributed by atoms with van der Waals surface area (Å²) in [4.78, 5) is 53.6. The number of aliphatic hydroxyl groups excluding tert-OH is 1. The van der Waals surface area contributed by atoms with Crippen LogP contribution in [0.5, 0.6) is 0 Å². The number of halogens is 1. The van der Waals surface area contributed by atoms with Crippen molar-refractivity contribution in [3.05, 3.63) is 106 Å². The van der Waals surface area contributed by atoms with Crippen LogP contribution < -0.4 is 9.80 Å². The van der Waals surface area contributed by atoms with E-state index in [-0.39, 0.29) is 48.8 Å². The van der Waals surface area contributed by atoms with Crippen LogP contribution in [0, 0.1) is 5.92 Å². The summed E-state index contributed by atoms with van der Waals surface area (Å²) in [6.07, 6.45) is 1.41. The summed E-state index contributed by atoms with van der Waals surface area (Å²) in [7, 11) is -2.89. The summed E-state index contributed by atoms with van der Waals surface area (Å²) < 4.78 is 14.8. The Hall–Kier alpha value is -4.21. The van der Waals surface area contributed by atoms with Crippen LogP contribution in [-0.4, -0.2) is 69.9 Å². The van der Waals surface area contributed by atoms with E-state index in [0.717, 1.165) is 26.9 Å². The Kier molecular flexibility index (Phi) is 9.72. The molecule has 3 aromatic carbocycles. The average molecular weight is 789 g/mol. The highest BCUT2D eigenvalue weighted by atomic mass is 79.9. The Balaban J connectivity index is 1.14. The number of esters is 1. The van der Waals surface area contributed by atoms with E-state index >= 15 is 0 Å². The Morgan fingerprint density at radius 3 is 2.50 bits per heavy atom. The Morgan fingerprint density at radius 1 is 1.12 bits per heavy atom. The standard InChI is InChI=1S/C38H42BrN5O7Si/c1-23-36(52(3,4)49)33(16-17-42-21-31(40-41-42)29(22-45)26-8-6-5-7-9-26)51-38(23)30-18-27(39)12-15-32(30)43(37(38)48)20-25-10-13-28(14-11-25)44-34(47)19-35(44)50-24(2)46/h5-15,18,21,23,29,33,35-36,45,49H,16-17,19-20,22H2,1-4H3/t23-,29?,33+,35?,36-,38+/m0/s1. The molecule has 12 nitrogen and oxygen atoms in total. The summed E-state index contributed by atoms with van der Waals surface area (Å²) in [5, 5.41) is 18.9. The number of β-lactam (4-membered cyclic amide) rings is 1. The number of hydrogen-bond acceptors (Lipinski definition) is 9. The van der Waals surface area contributed by atoms with Gasteiger partial charge in [0.15, 0.2) is 20.1 Å². The van der Waals surface area contributed by atoms with Crippen molar-refractivity contribution in [1.29, 1.82) is 0 Å². The van der Waals surface area contributed by atoms with Crippen LogP contribution in [0.1, 0.15) is 55.0 Å². The van der Waals surface area contributed by atoms with Crippen LogP contribution in [0.25, 0.3) is 0 Å². The Labute approximate surface area is 311 Å². The lowest BCUT2D eigenvalue weighted by Crippen LogP contribution is -2.54. The van der Waals surface area contributed by atoms with Gasteiger partial charge in [0.1, 0.15) is 0 Å². The molecule has 1 aromatic heterocycles. The smallest absolute Gasteiger partial charge is 0.304 e. The molecule has 272 valence electrons. The van der Waals surface area contributed by atoms with Crippen molar-refractivity contribution in [3.63, 3.8) is 0 Å². The maximum absolute atomic E-state index is 14.8. The fourth-order valence-corrected chi connectivity index (χ4v) is 11.3. The fourth-order valence-electron chi connectivity index (χ4n) is 8.30. The van der Waals surface area contributed by atoms with Crippen molar-refractivity contribution >= 4 is 53.4 Å². The van der Waals surface area contributed by atoms with Gasteiger partial charge in [-0.05, 0) is 61.0 Å². The van der Waals surface area contributed by atoms with Crippen molar-refractivity contribution < 1.29 is 33.8 Å². The van der Waals surface area contributed by atoms with E-state index in [1.165, 1.54) is 11.8 Å². The number of aliphatic hydroxyl groups is 1. The third-order valence-corrected chi connectivity index (χ3v) is 13.6. The number of benzene rings is 3. The molecule has 2 amide bonds. The van der Waals surface area contributed by atoms with Crippen molar-refractivity contribution in [2.24, 2.45) is 5.92 Å². The van der Waals surface area contributed by atoms with E-state index in [0.29, 0.717) is 24.3 Å². The van der Waals surface area contributed by atoms with Crippen molar-refractivity contribution in [1.82, 2.24) is 15.0 Å². The van der Waals surface area contributed by atoms with Crippen LogP contribution in [0.15, 0.2) is 83.5 Å². The maximum Gasteiger partial charge on any atom is 0.304 e. The van der Waals surface area contributed by atoms with Gasteiger partial charge in [-0.25, -0.2) is 0 Å². The lowest BCUT2D eigenvalue weighted by molar-refractivity contribution is -0.154. The normalized spacial score (nSPS) is 24.7. The number of fused-ring (bicyclic) bond motifs is 2. The number of aryl methyl sites for hydroxylation is 1. The number of carbonyl (C=O) groups is 3. The molecular weight excluding hydrogens is 746 g/mol. The van der Waals surface area contributed by atoms with Gasteiger partial charge >= 0.3 is 5.97 Å². The molecule has 0 radical (unpaired) electrons. The molecule has 0 aliphatic carbocycles. The number of anilines is 2. The highest BCUT2D eigenvalue weighted by Crippen LogP contribution is 2.60. The molecule has 2 saturated heterocycles. The predicted octanol–water partition coefficient (Wildman–Crippen LogP) is 5.23. The summed E-state index contributed by atoms with van der Waals surface area (Å²) in [6.45, 7) is 7.74. The van der Waals surface area contributed by atoms with Gasteiger partial charge in [0, 0.05) is 46.8 Å². The molecule has 52 heavy (non-hydrogen) atoms. The first kappa shape index (κ1) is 36.2. The van der Waals surface area contributed by atoms with Gasteiger partial charge in [0.05, 0.1) is 43.0 Å². The van der Waals surface area contributed by atoms with E-state index in [2.05, 4.69) is 26.2 Å². The quantitative estimate of drug-likeness (QED) is 0.119. The van der Waals surface area contributed by atoms with Crippen LogP contribution in [0.2, 0.25) is 18.6 Å². The number of carbonyl (C=O) groups excluding carboxylic acids is 3. The van der Waals surface area contributed by atoms with Gasteiger partial charge < -0.3 is 24.3 Å². The van der Waals surface area contributed by atoms with Crippen molar-refractivity contribution in [2.75, 3.05) is 16.4 Å². The van der Waals surface area contributed by atoms with Crippen LogP contribution in [0.4, 0.5) is 11.4 Å². The predicted molar refractivity (Wildman–Crippen MR) is 199 cm³/mol. The highest BCUT2D eigenvalue weighted by Gasteiger charge is 2.66. The minimum atomic E-state index is -2.89. The lowest BCUT2D eigenvalue weighted by Gasteiger charge is -2.39. The Morgan fingerprint density at radius 2 is 1.85 bits per heavy atom. The molecule has 1 spiro atoms. The number of amides is 2. The second-order valence-corrected chi connectivity index (χ2v) is 19.3. The van der Waals surface area contributed by atoms with Gasteiger partial charge in [0.2, 0.25) is 5.91 Å². The molecule has 3 aliphatic rings. The molecule has 0 bridgehead atoms. The largest absolute Gasteiger partial charge is 0.441 e. The molecule has 2 fully saturated rings. The van der Waals surface area contributed by atoms with Crippen LogP contribution in [0.3, 0.4) is 0 Å². The molecule has 0 saturated carbocycles. The number of hydrogen-bond donors (Lipinski definition) is 2. The molecule has 14 heteroatoms. The zero-order valence-corrected chi connectivity index (χ0v) is 32.1. The summed E-state index contributed by atoms with van der Waals surface area (Å²) in [5.74, 6) is -1.41. The molecule has 7 rings (SSSR count). The second-order valence-electron chi connectivity index (χ2n) is 14.5. The highest BCUT2D eigenvalue weighted by molar-refractivity contribution is 9.10. The summed E-state index contributed by atoms with van der Waals surface area (Å²) in [6, 6.07) is 22.8. The van der Waals surface area contributed by atoms with E-state index < -0.39 is 32.2 Å². The molecule has 4 aromatic rings. The topological polar surface area (TPSA) is 147 Å². The van der Waals surface area contributed by atoms with Crippen molar-refractivity contribution in [2.45, 2.75) is 82.3 Å². The summed E-state index contributed by atoms with van der Waals surface area (Å²) >= 11 is 3.62. The van der Waals surface area contributed by atoms with Gasteiger partial charge in [-0.3, -0.25) is 24.0 Å². The number of ether oxygens (including phenoxy) is 2. The van der Waals surface area contributed by atoms with Gasteiger partial charge in [0.25, 0.3) is 5.91 Å². The van der Waals surface area contributed by atoms with Crippen LogP contribution >= 0.6 is 15.9 Å². The van der Waals surface area contributed by atoms with Gasteiger partial charge in [-0.15, -0.1) is 5.10 Å². The van der Waals surface area contributed by atoms with E-state index in [1.807, 2.05) is 86.9 Å². The molecular formula is C38H42BrN5O7Si. The minimum absolute atomic E-state index is 0.104. The van der Waals surface area contributed by atoms with Gasteiger partial charge in [-0.2, -0.15) is 0 Å². The fraction of sp³-hybridized carbons (Fsp3) is 0.395. The zero-order valence-electron chi connectivity index (χ0n) is 29.5. The first-order valence-electron chi connectivity index (χ1n) is 17.5. The second kappa shape index (κ2) is 14.0. The average Bonchev–Trinajstić information content (AvgIpc) is 3.75. The van der Waals surface area contributed by atoms with E-state index in [4.69, 9.17) is 9.47 Å². The zero-order chi connectivity index (χ0) is 36.9. The van der Waals surface area contributed by atoms with Crippen LogP contribution in [-0.2, 0) is 42.5 Å².